The molecule has 176 valence electrons. The summed E-state index contributed by atoms with van der Waals surface area (Å²) in [5.74, 6) is 0.230. The molecule has 3 rings (SSSR count). The summed E-state index contributed by atoms with van der Waals surface area (Å²) in [7, 11) is -4.16. The minimum absolute atomic E-state index is 0.00440. The van der Waals surface area contributed by atoms with Gasteiger partial charge in [-0.1, -0.05) is 23.2 Å². The number of ether oxygens (including phenoxy) is 2. The van der Waals surface area contributed by atoms with Crippen LogP contribution < -0.4 is 10.1 Å². The van der Waals surface area contributed by atoms with Crippen LogP contribution in [0.4, 0.5) is 4.79 Å². The molecule has 0 saturated carbocycles. The number of carbonyl (C=O) groups is 1. The van der Waals surface area contributed by atoms with Gasteiger partial charge in [0, 0.05) is 16.6 Å². The zero-order chi connectivity index (χ0) is 24.4. The average molecular weight is 512 g/mol. The molecule has 0 radical (unpaired) electrons. The van der Waals surface area contributed by atoms with Gasteiger partial charge < -0.3 is 14.8 Å². The van der Waals surface area contributed by atoms with E-state index in [-0.39, 0.29) is 28.5 Å². The van der Waals surface area contributed by atoms with Gasteiger partial charge in [-0.2, -0.15) is 9.57 Å². The second-order valence-corrected chi connectivity index (χ2v) is 11.1. The first-order valence-electron chi connectivity index (χ1n) is 10.1. The molecule has 1 atom stereocenters. The zero-order valence-corrected chi connectivity index (χ0v) is 20.6. The number of halogens is 2. The van der Waals surface area contributed by atoms with Crippen LogP contribution in [0.2, 0.25) is 10.0 Å². The quantitative estimate of drug-likeness (QED) is 0.583. The fourth-order valence-electron chi connectivity index (χ4n) is 3.32. The van der Waals surface area contributed by atoms with Gasteiger partial charge in [0.05, 0.1) is 17.8 Å². The molecule has 1 N–H and O–H groups in total. The second-order valence-electron chi connectivity index (χ2n) is 8.40. The van der Waals surface area contributed by atoms with Crippen LogP contribution in [-0.2, 0) is 14.8 Å². The third kappa shape index (κ3) is 6.30. The normalized spacial score (nSPS) is 16.8. The van der Waals surface area contributed by atoms with Gasteiger partial charge in [0.25, 0.3) is 0 Å². The molecule has 1 unspecified atom stereocenters. The van der Waals surface area contributed by atoms with Crippen molar-refractivity contribution in [2.75, 3.05) is 6.54 Å². The molecule has 1 aliphatic heterocycles. The fraction of sp³-hybridized carbons (Fsp3) is 0.364. The number of sulfonamides is 1. The van der Waals surface area contributed by atoms with E-state index in [1.54, 1.807) is 20.8 Å². The molecule has 11 heteroatoms. The van der Waals surface area contributed by atoms with Crippen molar-refractivity contribution in [3.8, 4) is 17.6 Å². The number of benzene rings is 2. The highest BCUT2D eigenvalue weighted by atomic mass is 35.5. The monoisotopic (exact) mass is 511 g/mol. The van der Waals surface area contributed by atoms with Crippen LogP contribution in [0.1, 0.15) is 39.2 Å². The maximum absolute atomic E-state index is 13.6. The number of nitrogens with zero attached hydrogens (tertiary/aromatic N) is 2. The van der Waals surface area contributed by atoms with Crippen molar-refractivity contribution in [1.82, 2.24) is 9.62 Å². The van der Waals surface area contributed by atoms with E-state index < -0.39 is 27.9 Å². The van der Waals surface area contributed by atoms with Gasteiger partial charge in [-0.3, -0.25) is 0 Å². The van der Waals surface area contributed by atoms with E-state index in [2.05, 4.69) is 5.32 Å². The maximum atomic E-state index is 13.6. The number of carbonyl (C=O) groups excluding carboxylic acids is 1. The van der Waals surface area contributed by atoms with E-state index in [1.807, 2.05) is 6.07 Å². The minimum atomic E-state index is -4.16. The molecule has 1 saturated heterocycles. The summed E-state index contributed by atoms with van der Waals surface area (Å²) < 4.78 is 39.5. The number of hydrogen-bond donors (Lipinski definition) is 1. The highest BCUT2D eigenvalue weighted by Crippen LogP contribution is 2.36. The van der Waals surface area contributed by atoms with Crippen molar-refractivity contribution in [3.05, 3.63) is 52.0 Å². The van der Waals surface area contributed by atoms with Crippen LogP contribution in [0.3, 0.4) is 0 Å². The standard InChI is InChI=1S/C22H23Cl2N3O5S/c1-22(2,3)32-21(28)26-20-5-4-8-27(20)33(29,30)19-9-14(13-25)6-7-18(19)31-17-11-15(23)10-16(24)12-17/h6-7,9-12,20H,4-5,8H2,1-3H3,(H,26,28). The van der Waals surface area contributed by atoms with E-state index in [0.717, 1.165) is 0 Å². The van der Waals surface area contributed by atoms with Crippen LogP contribution in [0.5, 0.6) is 11.5 Å². The first-order chi connectivity index (χ1) is 15.4. The van der Waals surface area contributed by atoms with Gasteiger partial charge in [-0.15, -0.1) is 0 Å². The Kier molecular flexibility index (Phi) is 7.44. The molecule has 0 spiro atoms. The second kappa shape index (κ2) is 9.77. The van der Waals surface area contributed by atoms with E-state index in [0.29, 0.717) is 22.9 Å². The minimum Gasteiger partial charge on any atom is -0.456 e. The van der Waals surface area contributed by atoms with Crippen molar-refractivity contribution in [1.29, 1.82) is 5.26 Å². The van der Waals surface area contributed by atoms with Crippen LogP contribution in [0.15, 0.2) is 41.3 Å². The highest BCUT2D eigenvalue weighted by Gasteiger charge is 2.38. The van der Waals surface area contributed by atoms with E-state index in [9.17, 15) is 18.5 Å². The van der Waals surface area contributed by atoms with Gasteiger partial charge in [0.2, 0.25) is 10.0 Å². The summed E-state index contributed by atoms with van der Waals surface area (Å²) in [5, 5.41) is 12.6. The number of nitriles is 1. The van der Waals surface area contributed by atoms with Crippen molar-refractivity contribution in [2.24, 2.45) is 0 Å². The average Bonchev–Trinajstić information content (AvgIpc) is 3.14. The van der Waals surface area contributed by atoms with Gasteiger partial charge in [0.1, 0.15) is 22.0 Å². The topological polar surface area (TPSA) is 109 Å². The molecule has 1 aliphatic rings. The lowest BCUT2D eigenvalue weighted by molar-refractivity contribution is 0.0480. The number of alkyl carbamates (subject to hydrolysis) is 1. The van der Waals surface area contributed by atoms with Gasteiger partial charge >= 0.3 is 6.09 Å². The summed E-state index contributed by atoms with van der Waals surface area (Å²) in [6.45, 7) is 5.33. The summed E-state index contributed by atoms with van der Waals surface area (Å²) >= 11 is 12.0. The van der Waals surface area contributed by atoms with Crippen LogP contribution in [-0.4, -0.2) is 37.1 Å². The third-order valence-electron chi connectivity index (χ3n) is 4.61. The molecule has 1 fully saturated rings. The Balaban J connectivity index is 1.96. The Labute approximate surface area is 203 Å². The lowest BCUT2D eigenvalue weighted by Gasteiger charge is -2.27. The summed E-state index contributed by atoms with van der Waals surface area (Å²) in [5.41, 5.74) is -0.590. The molecule has 33 heavy (non-hydrogen) atoms. The van der Waals surface area contributed by atoms with Crippen LogP contribution in [0, 0.1) is 11.3 Å². The molecule has 0 bridgehead atoms. The lowest BCUT2D eigenvalue weighted by atomic mass is 10.2. The summed E-state index contributed by atoms with van der Waals surface area (Å²) in [4.78, 5) is 12.0. The largest absolute Gasteiger partial charge is 0.456 e. The Hall–Kier alpha value is -2.51. The predicted octanol–water partition coefficient (Wildman–Crippen LogP) is 5.29. The van der Waals surface area contributed by atoms with Crippen LogP contribution in [0.25, 0.3) is 0 Å². The van der Waals surface area contributed by atoms with E-state index >= 15 is 0 Å². The number of hydrogen-bond acceptors (Lipinski definition) is 6. The Bertz CT molecular complexity index is 1190. The van der Waals surface area contributed by atoms with E-state index in [1.165, 1.54) is 40.7 Å². The predicted molar refractivity (Wildman–Crippen MR) is 124 cm³/mol. The van der Waals surface area contributed by atoms with Gasteiger partial charge in [-0.05, 0) is 70.0 Å². The zero-order valence-electron chi connectivity index (χ0n) is 18.3. The molecule has 0 aromatic heterocycles. The van der Waals surface area contributed by atoms with Crippen molar-refractivity contribution in [3.63, 3.8) is 0 Å². The number of amides is 1. The number of nitrogens with one attached hydrogen (secondary N) is 1. The van der Waals surface area contributed by atoms with Crippen LogP contribution >= 0.6 is 23.2 Å². The molecule has 0 aliphatic carbocycles. The molecule has 2 aromatic rings. The van der Waals surface area contributed by atoms with Crippen molar-refractivity contribution in [2.45, 2.75) is 50.3 Å². The molecular weight excluding hydrogens is 489 g/mol. The third-order valence-corrected chi connectivity index (χ3v) is 6.98. The first-order valence-corrected chi connectivity index (χ1v) is 12.3. The SMILES string of the molecule is CC(C)(C)OC(=O)NC1CCCN1S(=O)(=O)c1cc(C#N)ccc1Oc1cc(Cl)cc(Cl)c1. The highest BCUT2D eigenvalue weighted by molar-refractivity contribution is 7.89. The van der Waals surface area contributed by atoms with Gasteiger partial charge in [-0.25, -0.2) is 13.2 Å². The summed E-state index contributed by atoms with van der Waals surface area (Å²) in [6.07, 6.45) is -0.566. The molecule has 1 heterocycles. The van der Waals surface area contributed by atoms with Crippen molar-refractivity contribution >= 4 is 39.3 Å². The number of rotatable bonds is 5. The first kappa shape index (κ1) is 25.1. The Morgan fingerprint density at radius 1 is 1.18 bits per heavy atom. The molecule has 8 nitrogen and oxygen atoms in total. The molecule has 1 amide bonds. The smallest absolute Gasteiger partial charge is 0.408 e. The molecular formula is C22H23Cl2N3O5S. The van der Waals surface area contributed by atoms with E-state index in [4.69, 9.17) is 32.7 Å². The molecule has 2 aromatic carbocycles. The fourth-order valence-corrected chi connectivity index (χ4v) is 5.58. The Morgan fingerprint density at radius 2 is 1.85 bits per heavy atom. The Morgan fingerprint density at radius 3 is 2.45 bits per heavy atom. The maximum Gasteiger partial charge on any atom is 0.408 e. The van der Waals surface area contributed by atoms with Crippen molar-refractivity contribution < 1.29 is 22.7 Å². The van der Waals surface area contributed by atoms with Gasteiger partial charge in [0.15, 0.2) is 0 Å². The lowest BCUT2D eigenvalue weighted by Crippen LogP contribution is -2.48. The summed E-state index contributed by atoms with van der Waals surface area (Å²) in [6, 6.07) is 10.5.